The average Bonchev–Trinajstić information content (AvgIpc) is 2.83. The molecule has 1 amide bonds. The van der Waals surface area contributed by atoms with E-state index >= 15 is 0 Å². The number of methoxy groups -OCH3 is 1. The summed E-state index contributed by atoms with van der Waals surface area (Å²) < 4.78 is 10.7. The number of hydrogen-bond donors (Lipinski definition) is 0. The van der Waals surface area contributed by atoms with E-state index in [0.29, 0.717) is 24.3 Å². The van der Waals surface area contributed by atoms with Gasteiger partial charge in [0.15, 0.2) is 5.78 Å². The lowest BCUT2D eigenvalue weighted by molar-refractivity contribution is 0.00254. The van der Waals surface area contributed by atoms with Gasteiger partial charge < -0.3 is 14.4 Å². The van der Waals surface area contributed by atoms with Gasteiger partial charge in [-0.25, -0.2) is 9.78 Å². The molecule has 3 rings (SSSR count). The third-order valence-electron chi connectivity index (χ3n) is 5.22. The number of nitrogens with zero attached hydrogens (tertiary/aromatic N) is 2. The molecule has 0 saturated carbocycles. The number of carbonyl (C=O) groups is 2. The highest BCUT2D eigenvalue weighted by Crippen LogP contribution is 2.40. The first-order chi connectivity index (χ1) is 12.2. The highest BCUT2D eigenvalue weighted by Gasteiger charge is 2.46. The van der Waals surface area contributed by atoms with Crippen LogP contribution in [-0.2, 0) is 4.74 Å². The second kappa shape index (κ2) is 6.89. The van der Waals surface area contributed by atoms with Gasteiger partial charge in [0.05, 0.1) is 7.11 Å². The summed E-state index contributed by atoms with van der Waals surface area (Å²) in [5, 5.41) is 0. The van der Waals surface area contributed by atoms with E-state index in [9.17, 15) is 9.59 Å². The Morgan fingerprint density at radius 2 is 1.81 bits per heavy atom. The van der Waals surface area contributed by atoms with Gasteiger partial charge in [-0.2, -0.15) is 0 Å². The molecule has 0 aromatic carbocycles. The number of aryl methyl sites for hydroxylation is 1. The maximum atomic E-state index is 13.0. The van der Waals surface area contributed by atoms with Crippen molar-refractivity contribution in [3.8, 4) is 5.88 Å². The number of rotatable bonds is 3. The van der Waals surface area contributed by atoms with E-state index in [-0.39, 0.29) is 29.9 Å². The SMILES string of the molecule is COc1ncc(C(=O)C2CC3CCC(C2)N3C(=O)OC(C)(C)C)cc1C. The molecular weight excluding hydrogens is 332 g/mol. The summed E-state index contributed by atoms with van der Waals surface area (Å²) in [6, 6.07) is 2.02. The maximum absolute atomic E-state index is 13.0. The van der Waals surface area contributed by atoms with Crippen molar-refractivity contribution in [1.82, 2.24) is 9.88 Å². The Hall–Kier alpha value is -2.11. The molecule has 0 radical (unpaired) electrons. The number of fused-ring (bicyclic) bond motifs is 2. The molecule has 2 fully saturated rings. The van der Waals surface area contributed by atoms with Crippen LogP contribution >= 0.6 is 0 Å². The first-order valence-corrected chi connectivity index (χ1v) is 9.25. The summed E-state index contributed by atoms with van der Waals surface area (Å²) >= 11 is 0. The number of Topliss-reactive ketones (excluding diaryl/α,β-unsaturated/α-hetero) is 1. The van der Waals surface area contributed by atoms with Crippen LogP contribution in [0.1, 0.15) is 62.4 Å². The molecule has 0 spiro atoms. The molecule has 2 atom stereocenters. The first-order valence-electron chi connectivity index (χ1n) is 9.25. The molecule has 0 aliphatic carbocycles. The Kier molecular flexibility index (Phi) is 4.95. The van der Waals surface area contributed by atoms with Crippen LogP contribution in [0.15, 0.2) is 12.3 Å². The Morgan fingerprint density at radius 1 is 1.19 bits per heavy atom. The first kappa shape index (κ1) is 18.7. The second-order valence-electron chi connectivity index (χ2n) is 8.36. The van der Waals surface area contributed by atoms with Crippen molar-refractivity contribution in [3.05, 3.63) is 23.4 Å². The number of pyridine rings is 1. The lowest BCUT2D eigenvalue weighted by atomic mass is 9.85. The smallest absolute Gasteiger partial charge is 0.410 e. The largest absolute Gasteiger partial charge is 0.481 e. The van der Waals surface area contributed by atoms with Crippen molar-refractivity contribution in [2.24, 2.45) is 5.92 Å². The van der Waals surface area contributed by atoms with Gasteiger partial charge >= 0.3 is 6.09 Å². The van der Waals surface area contributed by atoms with Gasteiger partial charge in [-0.15, -0.1) is 0 Å². The van der Waals surface area contributed by atoms with Crippen molar-refractivity contribution in [2.45, 2.75) is 71.1 Å². The topological polar surface area (TPSA) is 68.7 Å². The van der Waals surface area contributed by atoms with E-state index in [1.165, 1.54) is 0 Å². The molecule has 142 valence electrons. The van der Waals surface area contributed by atoms with E-state index in [0.717, 1.165) is 18.4 Å². The molecule has 1 aromatic rings. The fraction of sp³-hybridized carbons (Fsp3) is 0.650. The summed E-state index contributed by atoms with van der Waals surface area (Å²) in [6.45, 7) is 7.52. The van der Waals surface area contributed by atoms with Gasteiger partial charge in [0, 0.05) is 35.3 Å². The van der Waals surface area contributed by atoms with E-state index in [2.05, 4.69) is 4.98 Å². The molecule has 6 nitrogen and oxygen atoms in total. The monoisotopic (exact) mass is 360 g/mol. The lowest BCUT2D eigenvalue weighted by Gasteiger charge is -2.39. The van der Waals surface area contributed by atoms with Gasteiger partial charge in [0.25, 0.3) is 0 Å². The Labute approximate surface area is 154 Å². The number of carbonyl (C=O) groups excluding carboxylic acids is 2. The number of hydrogen-bond acceptors (Lipinski definition) is 5. The third kappa shape index (κ3) is 3.69. The van der Waals surface area contributed by atoms with E-state index in [1.807, 2.05) is 38.7 Å². The summed E-state index contributed by atoms with van der Waals surface area (Å²) in [5.41, 5.74) is 0.973. The van der Waals surface area contributed by atoms with Crippen LogP contribution < -0.4 is 4.74 Å². The van der Waals surface area contributed by atoms with Gasteiger partial charge in [-0.3, -0.25) is 4.79 Å². The number of aromatic nitrogens is 1. The minimum atomic E-state index is -0.504. The van der Waals surface area contributed by atoms with Crippen LogP contribution in [0.3, 0.4) is 0 Å². The molecule has 2 bridgehead atoms. The number of amides is 1. The Morgan fingerprint density at radius 3 is 2.31 bits per heavy atom. The van der Waals surface area contributed by atoms with Crippen molar-refractivity contribution in [3.63, 3.8) is 0 Å². The van der Waals surface area contributed by atoms with Gasteiger partial charge in [-0.1, -0.05) is 0 Å². The number of piperidine rings is 1. The Bertz CT molecular complexity index is 696. The molecular formula is C20H28N2O4. The van der Waals surface area contributed by atoms with Crippen LogP contribution in [0.4, 0.5) is 4.79 Å². The zero-order valence-electron chi connectivity index (χ0n) is 16.2. The van der Waals surface area contributed by atoms with Gasteiger partial charge in [-0.05, 0) is 59.4 Å². The van der Waals surface area contributed by atoms with Crippen molar-refractivity contribution in [2.75, 3.05) is 7.11 Å². The van der Waals surface area contributed by atoms with E-state index in [4.69, 9.17) is 9.47 Å². The predicted molar refractivity (Wildman–Crippen MR) is 97.5 cm³/mol. The molecule has 6 heteroatoms. The number of ether oxygens (including phenoxy) is 2. The second-order valence-corrected chi connectivity index (χ2v) is 8.36. The fourth-order valence-corrected chi connectivity index (χ4v) is 4.15. The molecule has 2 unspecified atom stereocenters. The van der Waals surface area contributed by atoms with Crippen LogP contribution in [0, 0.1) is 12.8 Å². The zero-order valence-corrected chi connectivity index (χ0v) is 16.2. The van der Waals surface area contributed by atoms with E-state index < -0.39 is 5.60 Å². The quantitative estimate of drug-likeness (QED) is 0.768. The van der Waals surface area contributed by atoms with Gasteiger partial charge in [0.1, 0.15) is 5.60 Å². The molecule has 2 aliphatic heterocycles. The zero-order chi connectivity index (χ0) is 19.1. The molecule has 26 heavy (non-hydrogen) atoms. The molecule has 1 aromatic heterocycles. The molecule has 2 saturated heterocycles. The summed E-state index contributed by atoms with van der Waals surface area (Å²) in [7, 11) is 1.57. The van der Waals surface area contributed by atoms with Crippen molar-refractivity contribution >= 4 is 11.9 Å². The van der Waals surface area contributed by atoms with Crippen molar-refractivity contribution in [1.29, 1.82) is 0 Å². The van der Waals surface area contributed by atoms with Crippen LogP contribution in [-0.4, -0.2) is 46.6 Å². The number of ketones is 1. The summed E-state index contributed by atoms with van der Waals surface area (Å²) in [6.07, 6.45) is 4.61. The fourth-order valence-electron chi connectivity index (χ4n) is 4.15. The summed E-state index contributed by atoms with van der Waals surface area (Å²) in [5.74, 6) is 0.589. The van der Waals surface area contributed by atoms with Crippen molar-refractivity contribution < 1.29 is 19.1 Å². The minimum Gasteiger partial charge on any atom is -0.481 e. The minimum absolute atomic E-state index is 0.0687. The van der Waals surface area contributed by atoms with Crippen LogP contribution in [0.5, 0.6) is 5.88 Å². The van der Waals surface area contributed by atoms with Crippen LogP contribution in [0.25, 0.3) is 0 Å². The molecule has 3 heterocycles. The standard InChI is InChI=1S/C20H28N2O4/c1-12-8-14(11-21-18(12)25-5)17(23)13-9-15-6-7-16(10-13)22(15)19(24)26-20(2,3)4/h8,11,13,15-16H,6-7,9-10H2,1-5H3. The molecule has 0 N–H and O–H groups in total. The normalized spacial score (nSPS) is 25.1. The highest BCUT2D eigenvalue weighted by molar-refractivity contribution is 5.98. The van der Waals surface area contributed by atoms with Crippen LogP contribution in [0.2, 0.25) is 0 Å². The average molecular weight is 360 g/mol. The third-order valence-corrected chi connectivity index (χ3v) is 5.22. The Balaban J connectivity index is 1.71. The van der Waals surface area contributed by atoms with Gasteiger partial charge in [0.2, 0.25) is 5.88 Å². The lowest BCUT2D eigenvalue weighted by Crippen LogP contribution is -2.49. The molecule has 2 aliphatic rings. The van der Waals surface area contributed by atoms with E-state index in [1.54, 1.807) is 13.3 Å². The predicted octanol–water partition coefficient (Wildman–Crippen LogP) is 3.76. The summed E-state index contributed by atoms with van der Waals surface area (Å²) in [4.78, 5) is 31.6. The maximum Gasteiger partial charge on any atom is 0.410 e. The highest BCUT2D eigenvalue weighted by atomic mass is 16.6.